The summed E-state index contributed by atoms with van der Waals surface area (Å²) in [6, 6.07) is 2.81. The van der Waals surface area contributed by atoms with Crippen molar-refractivity contribution in [2.45, 2.75) is 51.4 Å². The summed E-state index contributed by atoms with van der Waals surface area (Å²) in [5, 5.41) is -0.486. The molecule has 2 aliphatic rings. The molecule has 1 heterocycles. The molecule has 1 aromatic carbocycles. The molecule has 1 aromatic rings. The topological polar surface area (TPSA) is 46.6 Å². The molecule has 1 saturated carbocycles. The maximum absolute atomic E-state index is 14.1. The summed E-state index contributed by atoms with van der Waals surface area (Å²) in [6.07, 6.45) is 2.28. The molecular formula is C16H22FNO3S. The van der Waals surface area contributed by atoms with Crippen molar-refractivity contribution in [3.8, 4) is 5.75 Å². The maximum Gasteiger partial charge on any atom is 0.217 e. The van der Waals surface area contributed by atoms with Gasteiger partial charge >= 0.3 is 0 Å². The Kier molecular flexibility index (Phi) is 3.93. The standard InChI is InChI=1S/C16H22FNO3S/c1-10(2)22(19,20)18-8-13-6-15(17)16(7-14(13)11(18)3)21-9-12-4-5-12/h6-7,10-12H,4-5,8-9H2,1-3H3/t11-/m1/s1. The van der Waals surface area contributed by atoms with Crippen LogP contribution in [0.5, 0.6) is 5.75 Å². The van der Waals surface area contributed by atoms with E-state index < -0.39 is 21.1 Å². The lowest BCUT2D eigenvalue weighted by molar-refractivity contribution is 0.284. The highest BCUT2D eigenvalue weighted by Crippen LogP contribution is 2.40. The quantitative estimate of drug-likeness (QED) is 0.834. The molecule has 122 valence electrons. The number of benzene rings is 1. The predicted molar refractivity (Wildman–Crippen MR) is 82.6 cm³/mol. The Hall–Kier alpha value is -1.14. The van der Waals surface area contributed by atoms with E-state index in [2.05, 4.69) is 0 Å². The molecule has 6 heteroatoms. The van der Waals surface area contributed by atoms with E-state index in [4.69, 9.17) is 4.74 Å². The zero-order valence-electron chi connectivity index (χ0n) is 13.2. The Morgan fingerprint density at radius 3 is 2.64 bits per heavy atom. The Morgan fingerprint density at radius 2 is 2.05 bits per heavy atom. The third-order valence-corrected chi connectivity index (χ3v) is 6.79. The number of ether oxygens (including phenoxy) is 1. The third-order valence-electron chi connectivity index (χ3n) is 4.50. The van der Waals surface area contributed by atoms with E-state index in [1.54, 1.807) is 19.9 Å². The van der Waals surface area contributed by atoms with E-state index in [9.17, 15) is 12.8 Å². The fourth-order valence-corrected chi connectivity index (χ4v) is 4.19. The minimum atomic E-state index is -3.36. The highest BCUT2D eigenvalue weighted by molar-refractivity contribution is 7.89. The van der Waals surface area contributed by atoms with Gasteiger partial charge in [-0.25, -0.2) is 12.8 Å². The fraction of sp³-hybridized carbons (Fsp3) is 0.625. The number of sulfonamides is 1. The molecule has 0 aromatic heterocycles. The van der Waals surface area contributed by atoms with E-state index in [1.165, 1.54) is 10.4 Å². The van der Waals surface area contributed by atoms with Gasteiger partial charge in [-0.1, -0.05) is 0 Å². The summed E-state index contributed by atoms with van der Waals surface area (Å²) < 4.78 is 46.0. The summed E-state index contributed by atoms with van der Waals surface area (Å²) in [4.78, 5) is 0. The minimum Gasteiger partial charge on any atom is -0.490 e. The number of nitrogens with zero attached hydrogens (tertiary/aromatic N) is 1. The number of rotatable bonds is 5. The van der Waals surface area contributed by atoms with Gasteiger partial charge in [0.2, 0.25) is 10.0 Å². The first-order chi connectivity index (χ1) is 10.3. The van der Waals surface area contributed by atoms with Crippen LogP contribution in [0.25, 0.3) is 0 Å². The summed E-state index contributed by atoms with van der Waals surface area (Å²) >= 11 is 0. The van der Waals surface area contributed by atoms with Crippen LogP contribution >= 0.6 is 0 Å². The number of hydrogen-bond donors (Lipinski definition) is 0. The average molecular weight is 327 g/mol. The van der Waals surface area contributed by atoms with Gasteiger partial charge < -0.3 is 4.74 Å². The van der Waals surface area contributed by atoms with E-state index in [-0.39, 0.29) is 18.3 Å². The van der Waals surface area contributed by atoms with Crippen molar-refractivity contribution >= 4 is 10.0 Å². The normalized spacial score (nSPS) is 22.1. The van der Waals surface area contributed by atoms with E-state index in [0.29, 0.717) is 12.5 Å². The van der Waals surface area contributed by atoms with Crippen LogP contribution < -0.4 is 4.74 Å². The van der Waals surface area contributed by atoms with Gasteiger partial charge in [-0.3, -0.25) is 0 Å². The van der Waals surface area contributed by atoms with Crippen molar-refractivity contribution in [1.29, 1.82) is 0 Å². The van der Waals surface area contributed by atoms with E-state index >= 15 is 0 Å². The molecule has 1 aliphatic carbocycles. The first-order valence-corrected chi connectivity index (χ1v) is 9.26. The fourth-order valence-electron chi connectivity index (χ4n) is 2.78. The first-order valence-electron chi connectivity index (χ1n) is 7.76. The molecule has 0 unspecified atom stereocenters. The lowest BCUT2D eigenvalue weighted by Gasteiger charge is -2.23. The van der Waals surface area contributed by atoms with Crippen molar-refractivity contribution < 1.29 is 17.5 Å². The van der Waals surface area contributed by atoms with Crippen molar-refractivity contribution in [3.05, 3.63) is 29.1 Å². The second-order valence-corrected chi connectivity index (χ2v) is 8.99. The van der Waals surface area contributed by atoms with Crippen LogP contribution in [0.2, 0.25) is 0 Å². The lowest BCUT2D eigenvalue weighted by Crippen LogP contribution is -2.34. The van der Waals surface area contributed by atoms with Crippen LogP contribution in [0, 0.1) is 11.7 Å². The molecular weight excluding hydrogens is 305 g/mol. The van der Waals surface area contributed by atoms with Crippen LogP contribution in [0.15, 0.2) is 12.1 Å². The molecule has 4 nitrogen and oxygen atoms in total. The zero-order chi connectivity index (χ0) is 16.1. The highest BCUT2D eigenvalue weighted by atomic mass is 32.2. The molecule has 0 saturated heterocycles. The SMILES string of the molecule is CC(C)S(=O)(=O)N1Cc2cc(F)c(OCC3CC3)cc2[C@H]1C. The van der Waals surface area contributed by atoms with Crippen molar-refractivity contribution in [3.63, 3.8) is 0 Å². The van der Waals surface area contributed by atoms with Gasteiger partial charge in [-0.15, -0.1) is 0 Å². The molecule has 0 bridgehead atoms. The monoisotopic (exact) mass is 327 g/mol. The Balaban J connectivity index is 1.87. The van der Waals surface area contributed by atoms with E-state index in [0.717, 1.165) is 24.0 Å². The summed E-state index contributed by atoms with van der Waals surface area (Å²) in [5.74, 6) is 0.375. The van der Waals surface area contributed by atoms with Gasteiger partial charge in [-0.2, -0.15) is 4.31 Å². The van der Waals surface area contributed by atoms with Gasteiger partial charge in [0.25, 0.3) is 0 Å². The van der Waals surface area contributed by atoms with Gasteiger partial charge in [0.05, 0.1) is 11.9 Å². The van der Waals surface area contributed by atoms with Crippen LogP contribution in [0.3, 0.4) is 0 Å². The number of halogens is 1. The van der Waals surface area contributed by atoms with Gasteiger partial charge in [0.1, 0.15) is 0 Å². The van der Waals surface area contributed by atoms with Crippen LogP contribution in [0.4, 0.5) is 4.39 Å². The smallest absolute Gasteiger partial charge is 0.217 e. The third kappa shape index (κ3) is 2.74. The Bertz CT molecular complexity index is 683. The molecule has 0 radical (unpaired) electrons. The molecule has 0 amide bonds. The van der Waals surface area contributed by atoms with E-state index in [1.807, 2.05) is 6.92 Å². The Labute approximate surface area is 131 Å². The number of fused-ring (bicyclic) bond motifs is 1. The van der Waals surface area contributed by atoms with Gasteiger partial charge in [0.15, 0.2) is 11.6 Å². The summed E-state index contributed by atoms with van der Waals surface area (Å²) in [5.41, 5.74) is 1.57. The number of hydrogen-bond acceptors (Lipinski definition) is 3. The molecule has 22 heavy (non-hydrogen) atoms. The van der Waals surface area contributed by atoms with Crippen LogP contribution in [-0.4, -0.2) is 24.6 Å². The molecule has 1 fully saturated rings. The molecule has 1 aliphatic heterocycles. The molecule has 0 N–H and O–H groups in total. The predicted octanol–water partition coefficient (Wildman–Crippen LogP) is 3.23. The molecule has 0 spiro atoms. The Morgan fingerprint density at radius 1 is 1.36 bits per heavy atom. The second-order valence-electron chi connectivity index (χ2n) is 6.55. The van der Waals surface area contributed by atoms with Crippen LogP contribution in [-0.2, 0) is 16.6 Å². The average Bonchev–Trinajstić information content (AvgIpc) is 3.21. The minimum absolute atomic E-state index is 0.233. The zero-order valence-corrected chi connectivity index (χ0v) is 14.0. The molecule has 1 atom stereocenters. The lowest BCUT2D eigenvalue weighted by atomic mass is 10.1. The maximum atomic E-state index is 14.1. The second kappa shape index (κ2) is 5.49. The largest absolute Gasteiger partial charge is 0.490 e. The highest BCUT2D eigenvalue weighted by Gasteiger charge is 2.37. The van der Waals surface area contributed by atoms with Crippen LogP contribution in [0.1, 0.15) is 50.8 Å². The summed E-state index contributed by atoms with van der Waals surface area (Å²) in [6.45, 7) is 5.94. The summed E-state index contributed by atoms with van der Waals surface area (Å²) in [7, 11) is -3.36. The van der Waals surface area contributed by atoms with Crippen molar-refractivity contribution in [1.82, 2.24) is 4.31 Å². The van der Waals surface area contributed by atoms with Gasteiger partial charge in [0, 0.05) is 12.6 Å². The molecule has 3 rings (SSSR count). The van der Waals surface area contributed by atoms with Crippen molar-refractivity contribution in [2.24, 2.45) is 5.92 Å². The van der Waals surface area contributed by atoms with Crippen molar-refractivity contribution in [2.75, 3.05) is 6.61 Å². The van der Waals surface area contributed by atoms with Gasteiger partial charge in [-0.05, 0) is 62.8 Å². The first kappa shape index (κ1) is 15.7.